The number of guanidine groups is 1. The Morgan fingerprint density at radius 2 is 1.90 bits per heavy atom. The van der Waals surface area contributed by atoms with E-state index in [-0.39, 0.29) is 0 Å². The Bertz CT molecular complexity index is 805. The van der Waals surface area contributed by atoms with Crippen LogP contribution in [0.2, 0.25) is 0 Å². The fraction of sp³-hybridized carbons (Fsp3) is 0.476. The maximum absolute atomic E-state index is 11.8. The van der Waals surface area contributed by atoms with Crippen molar-refractivity contribution in [2.24, 2.45) is 12.0 Å². The number of hydrogen-bond acceptors (Lipinski definition) is 4. The Morgan fingerprint density at radius 1 is 1.17 bits per heavy atom. The molecule has 0 radical (unpaired) electrons. The van der Waals surface area contributed by atoms with E-state index >= 15 is 0 Å². The highest BCUT2D eigenvalue weighted by atomic mass is 16.6. The minimum Gasteiger partial charge on any atom is -0.444 e. The van der Waals surface area contributed by atoms with Crippen molar-refractivity contribution in [1.82, 2.24) is 20.4 Å². The van der Waals surface area contributed by atoms with Crippen molar-refractivity contribution in [2.45, 2.75) is 46.3 Å². The summed E-state index contributed by atoms with van der Waals surface area (Å²) in [6, 6.07) is 7.74. The second-order valence-corrected chi connectivity index (χ2v) is 7.72. The lowest BCUT2D eigenvalue weighted by Crippen LogP contribution is -2.38. The number of amides is 1. The van der Waals surface area contributed by atoms with Gasteiger partial charge in [-0.15, -0.1) is 0 Å². The Morgan fingerprint density at radius 3 is 2.48 bits per heavy atom. The number of nitrogens with zero attached hydrogens (tertiary/aromatic N) is 3. The average Bonchev–Trinajstić information content (AvgIpc) is 3.05. The van der Waals surface area contributed by atoms with E-state index < -0.39 is 11.7 Å². The number of aliphatic imine (C=N–C) groups is 1. The van der Waals surface area contributed by atoms with Crippen molar-refractivity contribution in [2.75, 3.05) is 18.4 Å². The molecule has 0 atom stereocenters. The van der Waals surface area contributed by atoms with Gasteiger partial charge in [-0.05, 0) is 51.8 Å². The number of aryl methyl sites for hydroxylation is 1. The molecule has 0 aliphatic carbocycles. The van der Waals surface area contributed by atoms with Gasteiger partial charge in [0.2, 0.25) is 0 Å². The van der Waals surface area contributed by atoms with Crippen LogP contribution >= 0.6 is 0 Å². The number of nitrogens with one attached hydrogen (secondary N) is 3. The average molecular weight is 401 g/mol. The third-order valence-corrected chi connectivity index (χ3v) is 3.83. The van der Waals surface area contributed by atoms with Gasteiger partial charge in [0.15, 0.2) is 5.96 Å². The van der Waals surface area contributed by atoms with Crippen LogP contribution in [0.4, 0.5) is 10.5 Å². The number of hydrogen-bond donors (Lipinski definition) is 3. The topological polar surface area (TPSA) is 92.6 Å². The van der Waals surface area contributed by atoms with Gasteiger partial charge in [-0.2, -0.15) is 5.10 Å². The summed E-state index contributed by atoms with van der Waals surface area (Å²) in [6.45, 7) is 9.67. The Hall–Kier alpha value is -3.03. The summed E-state index contributed by atoms with van der Waals surface area (Å²) in [5, 5.41) is 13.5. The lowest BCUT2D eigenvalue weighted by Gasteiger charge is -2.19. The predicted molar refractivity (Wildman–Crippen MR) is 116 cm³/mol. The Balaban J connectivity index is 1.81. The molecule has 2 aromatic rings. The van der Waals surface area contributed by atoms with Crippen LogP contribution in [-0.4, -0.2) is 40.5 Å². The summed E-state index contributed by atoms with van der Waals surface area (Å²) in [6.07, 6.45) is 4.16. The molecule has 1 aromatic carbocycles. The van der Waals surface area contributed by atoms with Crippen LogP contribution in [0.1, 0.15) is 38.8 Å². The minimum absolute atomic E-state index is 0.452. The summed E-state index contributed by atoms with van der Waals surface area (Å²) < 4.78 is 7.03. The lowest BCUT2D eigenvalue weighted by molar-refractivity contribution is 0.0636. The van der Waals surface area contributed by atoms with Crippen molar-refractivity contribution in [1.29, 1.82) is 0 Å². The van der Waals surface area contributed by atoms with Gasteiger partial charge in [0.25, 0.3) is 0 Å². The van der Waals surface area contributed by atoms with E-state index in [0.29, 0.717) is 12.2 Å². The smallest absolute Gasteiger partial charge is 0.412 e. The van der Waals surface area contributed by atoms with E-state index in [1.807, 2.05) is 71.4 Å². The van der Waals surface area contributed by atoms with Gasteiger partial charge in [-0.25, -0.2) is 9.79 Å². The molecular weight excluding hydrogens is 368 g/mol. The fourth-order valence-corrected chi connectivity index (χ4v) is 2.57. The summed E-state index contributed by atoms with van der Waals surface area (Å²) in [5.41, 5.74) is 2.42. The molecule has 8 heteroatoms. The molecule has 0 unspecified atom stereocenters. The van der Waals surface area contributed by atoms with Crippen molar-refractivity contribution >= 4 is 17.7 Å². The molecule has 1 heterocycles. The third kappa shape index (κ3) is 8.68. The van der Waals surface area contributed by atoms with Gasteiger partial charge in [-0.1, -0.05) is 12.1 Å². The first-order valence-corrected chi connectivity index (χ1v) is 9.84. The highest BCUT2D eigenvalue weighted by molar-refractivity contribution is 5.84. The monoisotopic (exact) mass is 400 g/mol. The summed E-state index contributed by atoms with van der Waals surface area (Å²) in [7, 11) is 1.89. The largest absolute Gasteiger partial charge is 0.444 e. The highest BCUT2D eigenvalue weighted by Crippen LogP contribution is 2.13. The maximum atomic E-state index is 11.8. The zero-order valence-corrected chi connectivity index (χ0v) is 18.0. The van der Waals surface area contributed by atoms with E-state index in [4.69, 9.17) is 4.74 Å². The Kier molecular flexibility index (Phi) is 8.06. The summed E-state index contributed by atoms with van der Waals surface area (Å²) in [5.74, 6) is 0.777. The van der Waals surface area contributed by atoms with E-state index in [0.717, 1.165) is 36.6 Å². The van der Waals surface area contributed by atoms with Crippen LogP contribution in [0.5, 0.6) is 0 Å². The van der Waals surface area contributed by atoms with E-state index in [1.54, 1.807) is 4.68 Å². The second kappa shape index (κ2) is 10.5. The van der Waals surface area contributed by atoms with Crippen molar-refractivity contribution < 1.29 is 9.53 Å². The van der Waals surface area contributed by atoms with Crippen molar-refractivity contribution in [3.63, 3.8) is 0 Å². The van der Waals surface area contributed by atoms with E-state index in [1.165, 1.54) is 0 Å². The summed E-state index contributed by atoms with van der Waals surface area (Å²) in [4.78, 5) is 16.4. The number of benzene rings is 1. The van der Waals surface area contributed by atoms with Gasteiger partial charge < -0.3 is 15.4 Å². The maximum Gasteiger partial charge on any atom is 0.412 e. The molecule has 0 spiro atoms. The van der Waals surface area contributed by atoms with E-state index in [2.05, 4.69) is 26.0 Å². The molecule has 0 aliphatic heterocycles. The molecule has 2 rings (SSSR count). The number of ether oxygens (including phenoxy) is 1. The van der Waals surface area contributed by atoms with Crippen LogP contribution in [0, 0.1) is 0 Å². The van der Waals surface area contributed by atoms with Crippen molar-refractivity contribution in [3.05, 3.63) is 47.8 Å². The zero-order valence-electron chi connectivity index (χ0n) is 18.0. The molecule has 0 fully saturated rings. The molecule has 0 bridgehead atoms. The molecule has 29 heavy (non-hydrogen) atoms. The van der Waals surface area contributed by atoms with Gasteiger partial charge in [0.1, 0.15) is 5.60 Å². The molecule has 0 aliphatic rings. The molecule has 3 N–H and O–H groups in total. The minimum atomic E-state index is -0.515. The van der Waals surface area contributed by atoms with Gasteiger partial charge in [0, 0.05) is 37.6 Å². The molecule has 1 amide bonds. The SMILES string of the molecule is CCNC(=NCc1cnn(C)c1)NCCc1ccc(NC(=O)OC(C)(C)C)cc1. The fourth-order valence-electron chi connectivity index (χ4n) is 2.57. The number of anilines is 1. The number of aromatic nitrogens is 2. The van der Waals surface area contributed by atoms with Gasteiger partial charge in [-0.3, -0.25) is 10.00 Å². The number of carbonyl (C=O) groups excluding carboxylic acids is 1. The molecular formula is C21H32N6O2. The van der Waals surface area contributed by atoms with Crippen LogP contribution in [0.15, 0.2) is 41.7 Å². The quantitative estimate of drug-likeness (QED) is 0.491. The van der Waals surface area contributed by atoms with Crippen LogP contribution in [0.25, 0.3) is 0 Å². The second-order valence-electron chi connectivity index (χ2n) is 7.72. The van der Waals surface area contributed by atoms with Crippen LogP contribution < -0.4 is 16.0 Å². The number of rotatable bonds is 7. The predicted octanol–water partition coefficient (Wildman–Crippen LogP) is 3.06. The van der Waals surface area contributed by atoms with Crippen molar-refractivity contribution in [3.8, 4) is 0 Å². The lowest BCUT2D eigenvalue weighted by atomic mass is 10.1. The molecule has 8 nitrogen and oxygen atoms in total. The summed E-state index contributed by atoms with van der Waals surface area (Å²) >= 11 is 0. The van der Waals surface area contributed by atoms with E-state index in [9.17, 15) is 4.79 Å². The molecule has 0 saturated carbocycles. The third-order valence-electron chi connectivity index (χ3n) is 3.83. The van der Waals surface area contributed by atoms with Crippen LogP contribution in [0.3, 0.4) is 0 Å². The molecule has 1 aromatic heterocycles. The first-order valence-electron chi connectivity index (χ1n) is 9.84. The molecule has 158 valence electrons. The number of carbonyl (C=O) groups is 1. The first-order chi connectivity index (χ1) is 13.7. The van der Waals surface area contributed by atoms with Crippen LogP contribution in [-0.2, 0) is 24.8 Å². The normalized spacial score (nSPS) is 11.8. The first kappa shape index (κ1) is 22.3. The highest BCUT2D eigenvalue weighted by Gasteiger charge is 2.16. The standard InChI is InChI=1S/C21H32N6O2/c1-6-22-19(24-13-17-14-25-27(5)15-17)23-12-11-16-7-9-18(10-8-16)26-20(28)29-21(2,3)4/h7-10,14-15H,6,11-13H2,1-5H3,(H,26,28)(H2,22,23,24). The van der Waals surface area contributed by atoms with Gasteiger partial charge >= 0.3 is 6.09 Å². The molecule has 0 saturated heterocycles. The Labute approximate surface area is 172 Å². The van der Waals surface area contributed by atoms with Gasteiger partial charge in [0.05, 0.1) is 12.7 Å². The zero-order chi connectivity index (χ0) is 21.3.